The van der Waals surface area contributed by atoms with Crippen LogP contribution in [0.1, 0.15) is 56.8 Å². The molecule has 0 saturated carbocycles. The third kappa shape index (κ3) is 4.26. The molecule has 136 valence electrons. The molecule has 2 aliphatic rings. The topological polar surface area (TPSA) is 80.5 Å². The largest absolute Gasteiger partial charge is 0.368 e. The summed E-state index contributed by atoms with van der Waals surface area (Å²) in [5, 5.41) is 7.24. The predicted octanol–water partition coefficient (Wildman–Crippen LogP) is 1.87. The number of hydrogen-bond donors (Lipinski definition) is 1. The van der Waals surface area contributed by atoms with E-state index in [2.05, 4.69) is 22.4 Å². The van der Waals surface area contributed by atoms with Crippen molar-refractivity contribution in [2.75, 3.05) is 20.2 Å². The minimum Gasteiger partial charge on any atom is -0.368 e. The summed E-state index contributed by atoms with van der Waals surface area (Å²) >= 11 is 0. The van der Waals surface area contributed by atoms with Gasteiger partial charge in [0.05, 0.1) is 0 Å². The van der Waals surface area contributed by atoms with Gasteiger partial charge < -0.3 is 19.5 Å². The van der Waals surface area contributed by atoms with E-state index >= 15 is 0 Å². The van der Waals surface area contributed by atoms with Crippen LogP contribution in [0.3, 0.4) is 0 Å². The van der Waals surface area contributed by atoms with Crippen LogP contribution >= 0.6 is 12.4 Å². The third-order valence-electron chi connectivity index (χ3n) is 4.74. The van der Waals surface area contributed by atoms with Gasteiger partial charge in [-0.25, -0.2) is 0 Å². The molecule has 2 fully saturated rings. The van der Waals surface area contributed by atoms with Gasteiger partial charge in [-0.3, -0.25) is 4.79 Å². The minimum atomic E-state index is -0.290. The van der Waals surface area contributed by atoms with Crippen LogP contribution in [0.25, 0.3) is 0 Å². The number of carbonyl (C=O) groups excluding carboxylic acids is 1. The van der Waals surface area contributed by atoms with E-state index < -0.39 is 0 Å². The average Bonchev–Trinajstić information content (AvgIpc) is 3.26. The fourth-order valence-electron chi connectivity index (χ4n) is 3.27. The van der Waals surface area contributed by atoms with Gasteiger partial charge in [0.2, 0.25) is 5.89 Å². The Labute approximate surface area is 148 Å². The summed E-state index contributed by atoms with van der Waals surface area (Å²) in [6.07, 6.45) is 5.17. The molecule has 0 spiro atoms. The van der Waals surface area contributed by atoms with Crippen molar-refractivity contribution in [3.05, 3.63) is 11.7 Å². The number of aromatic nitrogens is 2. The molecule has 3 rings (SSSR count). The van der Waals surface area contributed by atoms with E-state index in [1.807, 2.05) is 11.9 Å². The van der Waals surface area contributed by atoms with Crippen LogP contribution in [0, 0.1) is 0 Å². The monoisotopic (exact) mass is 358 g/mol. The van der Waals surface area contributed by atoms with Gasteiger partial charge in [-0.05, 0) is 46.1 Å². The van der Waals surface area contributed by atoms with Gasteiger partial charge >= 0.3 is 0 Å². The highest BCUT2D eigenvalue weighted by molar-refractivity contribution is 5.85. The Bertz CT molecular complexity index is 533. The molecule has 0 aromatic carbocycles. The number of amides is 1. The summed E-state index contributed by atoms with van der Waals surface area (Å²) in [5.74, 6) is 1.34. The third-order valence-corrected chi connectivity index (χ3v) is 4.74. The van der Waals surface area contributed by atoms with Crippen molar-refractivity contribution < 1.29 is 14.1 Å². The smallest absolute Gasteiger partial charge is 0.252 e. The van der Waals surface area contributed by atoms with E-state index in [9.17, 15) is 4.79 Å². The molecule has 7 nitrogen and oxygen atoms in total. The van der Waals surface area contributed by atoms with E-state index in [0.717, 1.165) is 38.6 Å². The molecule has 2 aliphatic heterocycles. The second kappa shape index (κ2) is 8.78. The van der Waals surface area contributed by atoms with Crippen molar-refractivity contribution in [3.8, 4) is 0 Å². The highest BCUT2D eigenvalue weighted by Crippen LogP contribution is 2.32. The zero-order chi connectivity index (χ0) is 16.2. The lowest BCUT2D eigenvalue weighted by Crippen LogP contribution is -2.44. The highest BCUT2D eigenvalue weighted by atomic mass is 35.5. The molecule has 1 aromatic rings. The van der Waals surface area contributed by atoms with Crippen LogP contribution in [0.4, 0.5) is 0 Å². The van der Waals surface area contributed by atoms with Gasteiger partial charge in [-0.2, -0.15) is 4.98 Å². The molecule has 0 aliphatic carbocycles. The fourth-order valence-corrected chi connectivity index (χ4v) is 3.27. The van der Waals surface area contributed by atoms with Crippen molar-refractivity contribution >= 4 is 18.3 Å². The number of carbonyl (C=O) groups is 1. The van der Waals surface area contributed by atoms with Gasteiger partial charge in [0.1, 0.15) is 12.1 Å². The normalized spacial score (nSPS) is 25.3. The Kier molecular flexibility index (Phi) is 7.01. The molecule has 3 unspecified atom stereocenters. The van der Waals surface area contributed by atoms with Crippen LogP contribution in [0.15, 0.2) is 4.52 Å². The number of likely N-dealkylation sites (N-methyl/N-ethyl adjacent to an activating group) is 1. The van der Waals surface area contributed by atoms with E-state index in [4.69, 9.17) is 9.26 Å². The number of likely N-dealkylation sites (tertiary alicyclic amines) is 1. The fraction of sp³-hybridized carbons (Fsp3) is 0.812. The quantitative estimate of drug-likeness (QED) is 0.865. The standard InChI is InChI=1S/C16H26N4O3.ClH/c1-11(17-2)10-14-18-15(23-19-14)12-6-3-4-8-20(12)16(21)13-7-5-9-22-13;/h11-13,17H,3-10H2,1-2H3;1H. The van der Waals surface area contributed by atoms with Gasteiger partial charge in [0.15, 0.2) is 5.82 Å². The molecule has 2 saturated heterocycles. The SMILES string of the molecule is CNC(C)Cc1noc(C2CCCCN2C(=O)C2CCCO2)n1.Cl. The number of ether oxygens (including phenoxy) is 1. The summed E-state index contributed by atoms with van der Waals surface area (Å²) < 4.78 is 11.0. The first kappa shape index (κ1) is 19.1. The van der Waals surface area contributed by atoms with Gasteiger partial charge in [-0.1, -0.05) is 5.16 Å². The number of nitrogens with zero attached hydrogens (tertiary/aromatic N) is 3. The van der Waals surface area contributed by atoms with Gasteiger partial charge in [0, 0.05) is 25.6 Å². The van der Waals surface area contributed by atoms with Crippen LogP contribution < -0.4 is 5.32 Å². The van der Waals surface area contributed by atoms with Crippen molar-refractivity contribution in [1.29, 1.82) is 0 Å². The lowest BCUT2D eigenvalue weighted by atomic mass is 10.0. The molecule has 3 atom stereocenters. The Hall–Kier alpha value is -1.18. The first-order valence-electron chi connectivity index (χ1n) is 8.61. The predicted molar refractivity (Wildman–Crippen MR) is 91.1 cm³/mol. The van der Waals surface area contributed by atoms with Crippen molar-refractivity contribution in [1.82, 2.24) is 20.4 Å². The van der Waals surface area contributed by atoms with Crippen molar-refractivity contribution in [2.45, 2.75) is 63.6 Å². The molecular weight excluding hydrogens is 332 g/mol. The Balaban J connectivity index is 0.00000208. The van der Waals surface area contributed by atoms with E-state index in [1.54, 1.807) is 0 Å². The van der Waals surface area contributed by atoms with Crippen LogP contribution in [0.2, 0.25) is 0 Å². The molecule has 3 heterocycles. The maximum Gasteiger partial charge on any atom is 0.252 e. The summed E-state index contributed by atoms with van der Waals surface area (Å²) in [4.78, 5) is 19.1. The lowest BCUT2D eigenvalue weighted by molar-refractivity contribution is -0.145. The van der Waals surface area contributed by atoms with Crippen LogP contribution in [-0.2, 0) is 16.0 Å². The number of rotatable bonds is 5. The molecular formula is C16H27ClN4O3. The molecule has 1 aromatic heterocycles. The van der Waals surface area contributed by atoms with Crippen LogP contribution in [-0.4, -0.2) is 53.3 Å². The Morgan fingerprint density at radius 2 is 2.21 bits per heavy atom. The molecule has 1 N–H and O–H groups in total. The van der Waals surface area contributed by atoms with Gasteiger partial charge in [0.25, 0.3) is 5.91 Å². The lowest BCUT2D eigenvalue weighted by Gasteiger charge is -2.34. The maximum atomic E-state index is 12.7. The second-order valence-corrected chi connectivity index (χ2v) is 6.49. The van der Waals surface area contributed by atoms with Crippen LogP contribution in [0.5, 0.6) is 0 Å². The molecule has 8 heteroatoms. The first-order valence-corrected chi connectivity index (χ1v) is 8.61. The molecule has 1 amide bonds. The number of piperidine rings is 1. The Morgan fingerprint density at radius 1 is 1.38 bits per heavy atom. The highest BCUT2D eigenvalue weighted by Gasteiger charge is 2.36. The molecule has 24 heavy (non-hydrogen) atoms. The minimum absolute atomic E-state index is 0. The van der Waals surface area contributed by atoms with E-state index in [0.29, 0.717) is 24.7 Å². The number of hydrogen-bond acceptors (Lipinski definition) is 6. The van der Waals surface area contributed by atoms with Crippen molar-refractivity contribution in [2.24, 2.45) is 0 Å². The zero-order valence-electron chi connectivity index (χ0n) is 14.4. The number of halogens is 1. The first-order chi connectivity index (χ1) is 11.2. The maximum absolute atomic E-state index is 12.7. The summed E-state index contributed by atoms with van der Waals surface area (Å²) in [6, 6.07) is 0.183. The summed E-state index contributed by atoms with van der Waals surface area (Å²) in [6.45, 7) is 3.50. The van der Waals surface area contributed by atoms with Gasteiger partial charge in [-0.15, -0.1) is 12.4 Å². The Morgan fingerprint density at radius 3 is 2.92 bits per heavy atom. The van der Waals surface area contributed by atoms with E-state index in [-0.39, 0.29) is 36.5 Å². The molecule has 0 radical (unpaired) electrons. The molecule has 0 bridgehead atoms. The summed E-state index contributed by atoms with van der Waals surface area (Å²) in [7, 11) is 1.91. The number of nitrogens with one attached hydrogen (secondary N) is 1. The zero-order valence-corrected chi connectivity index (χ0v) is 15.2. The van der Waals surface area contributed by atoms with Crippen molar-refractivity contribution in [3.63, 3.8) is 0 Å². The summed E-state index contributed by atoms with van der Waals surface area (Å²) in [5.41, 5.74) is 0. The van der Waals surface area contributed by atoms with E-state index in [1.165, 1.54) is 0 Å². The average molecular weight is 359 g/mol. The second-order valence-electron chi connectivity index (χ2n) is 6.49.